The van der Waals surface area contributed by atoms with Crippen LogP contribution in [0.3, 0.4) is 0 Å². The van der Waals surface area contributed by atoms with Gasteiger partial charge in [-0.1, -0.05) is 0 Å². The van der Waals surface area contributed by atoms with Gasteiger partial charge in [0, 0.05) is 16.2 Å². The Morgan fingerprint density at radius 1 is 1.32 bits per heavy atom. The molecule has 0 saturated carbocycles. The fourth-order valence-electron chi connectivity index (χ4n) is 1.97. The largest absolute Gasteiger partial charge is 0.490 e. The van der Waals surface area contributed by atoms with Gasteiger partial charge in [0.05, 0.1) is 18.4 Å². The standard InChI is InChI=1S/C17H15BrF3N3O4/c1-2-27-13-5-10(12(18)6-14(13)28-9-16(25)26)7-23-24-15-4-3-11(8-22-15)17(19,20)21/h3-8H,2,9H2,1H3,(H,22,24)(H,25,26)/b23-7-. The lowest BCUT2D eigenvalue weighted by molar-refractivity contribution is -0.139. The molecule has 1 aromatic heterocycles. The number of aliphatic carboxylic acids is 1. The predicted molar refractivity (Wildman–Crippen MR) is 98.9 cm³/mol. The zero-order valence-corrected chi connectivity index (χ0v) is 16.0. The summed E-state index contributed by atoms with van der Waals surface area (Å²) in [6.45, 7) is 1.56. The first-order chi connectivity index (χ1) is 13.2. The van der Waals surface area contributed by atoms with Crippen LogP contribution >= 0.6 is 15.9 Å². The molecule has 2 aromatic rings. The minimum atomic E-state index is -4.46. The molecule has 0 aliphatic rings. The summed E-state index contributed by atoms with van der Waals surface area (Å²) in [6, 6.07) is 5.16. The van der Waals surface area contributed by atoms with Gasteiger partial charge < -0.3 is 14.6 Å². The van der Waals surface area contributed by atoms with Crippen LogP contribution in [0, 0.1) is 0 Å². The molecule has 11 heteroatoms. The first-order valence-electron chi connectivity index (χ1n) is 7.84. The number of carboxylic acid groups (broad SMARTS) is 1. The fraction of sp³-hybridized carbons (Fsp3) is 0.235. The second-order valence-electron chi connectivity index (χ2n) is 5.24. The normalized spacial score (nSPS) is 11.5. The number of aromatic nitrogens is 1. The molecule has 0 aliphatic carbocycles. The molecule has 28 heavy (non-hydrogen) atoms. The van der Waals surface area contributed by atoms with E-state index in [-0.39, 0.29) is 11.6 Å². The second kappa shape index (κ2) is 9.40. The van der Waals surface area contributed by atoms with E-state index < -0.39 is 24.3 Å². The van der Waals surface area contributed by atoms with Gasteiger partial charge in [-0.15, -0.1) is 0 Å². The number of hydrogen-bond acceptors (Lipinski definition) is 6. The van der Waals surface area contributed by atoms with Crippen molar-refractivity contribution in [1.29, 1.82) is 0 Å². The number of ether oxygens (including phenoxy) is 2. The molecule has 0 aliphatic heterocycles. The lowest BCUT2D eigenvalue weighted by Gasteiger charge is -2.12. The average molecular weight is 462 g/mol. The van der Waals surface area contributed by atoms with Crippen LogP contribution < -0.4 is 14.9 Å². The Morgan fingerprint density at radius 3 is 2.61 bits per heavy atom. The highest BCUT2D eigenvalue weighted by Crippen LogP contribution is 2.33. The molecule has 0 bridgehead atoms. The Bertz CT molecular complexity index is 858. The maximum Gasteiger partial charge on any atom is 0.417 e. The van der Waals surface area contributed by atoms with Crippen molar-refractivity contribution in [2.45, 2.75) is 13.1 Å². The number of hydrazone groups is 1. The fourth-order valence-corrected chi connectivity index (χ4v) is 2.39. The van der Waals surface area contributed by atoms with E-state index in [1.807, 2.05) is 0 Å². The number of alkyl halides is 3. The van der Waals surface area contributed by atoms with Gasteiger partial charge in [0.2, 0.25) is 0 Å². The smallest absolute Gasteiger partial charge is 0.417 e. The minimum Gasteiger partial charge on any atom is -0.490 e. The molecule has 0 radical (unpaired) electrons. The highest BCUT2D eigenvalue weighted by molar-refractivity contribution is 9.10. The molecule has 0 spiro atoms. The molecule has 2 rings (SSSR count). The number of carbonyl (C=O) groups is 1. The van der Waals surface area contributed by atoms with Gasteiger partial charge in [0.1, 0.15) is 5.82 Å². The number of benzene rings is 1. The van der Waals surface area contributed by atoms with Crippen molar-refractivity contribution >= 4 is 33.9 Å². The molecule has 1 aromatic carbocycles. The van der Waals surface area contributed by atoms with Crippen LogP contribution in [0.1, 0.15) is 18.1 Å². The Morgan fingerprint density at radius 2 is 2.04 bits per heavy atom. The summed E-state index contributed by atoms with van der Waals surface area (Å²) >= 11 is 3.31. The molecule has 0 saturated heterocycles. The highest BCUT2D eigenvalue weighted by atomic mass is 79.9. The molecule has 7 nitrogen and oxygen atoms in total. The summed E-state index contributed by atoms with van der Waals surface area (Å²) in [4.78, 5) is 14.3. The summed E-state index contributed by atoms with van der Waals surface area (Å²) < 4.78 is 48.7. The number of halogens is 4. The van der Waals surface area contributed by atoms with Crippen LogP contribution in [-0.4, -0.2) is 35.5 Å². The summed E-state index contributed by atoms with van der Waals surface area (Å²) in [7, 11) is 0. The van der Waals surface area contributed by atoms with Crippen LogP contribution in [0.25, 0.3) is 0 Å². The first-order valence-corrected chi connectivity index (χ1v) is 8.63. The third-order valence-electron chi connectivity index (χ3n) is 3.19. The Labute approximate surface area is 166 Å². The van der Waals surface area contributed by atoms with Crippen LogP contribution in [0.5, 0.6) is 11.5 Å². The second-order valence-corrected chi connectivity index (χ2v) is 6.09. The Hall–Kier alpha value is -2.82. The van der Waals surface area contributed by atoms with Crippen LogP contribution in [0.2, 0.25) is 0 Å². The molecule has 2 N–H and O–H groups in total. The third-order valence-corrected chi connectivity index (χ3v) is 3.87. The molecule has 0 fully saturated rings. The van der Waals surface area contributed by atoms with Gasteiger partial charge in [-0.25, -0.2) is 9.78 Å². The predicted octanol–water partition coefficient (Wildman–Crippen LogP) is 4.17. The van der Waals surface area contributed by atoms with Crippen molar-refractivity contribution in [1.82, 2.24) is 4.98 Å². The number of pyridine rings is 1. The number of anilines is 1. The summed E-state index contributed by atoms with van der Waals surface area (Å²) in [5.74, 6) is -0.434. The van der Waals surface area contributed by atoms with Crippen molar-refractivity contribution in [2.75, 3.05) is 18.6 Å². The third kappa shape index (κ3) is 6.12. The quantitative estimate of drug-likeness (QED) is 0.452. The van der Waals surface area contributed by atoms with Crippen LogP contribution in [0.4, 0.5) is 19.0 Å². The van der Waals surface area contributed by atoms with Gasteiger partial charge in [-0.2, -0.15) is 18.3 Å². The Balaban J connectivity index is 2.13. The van der Waals surface area contributed by atoms with E-state index in [2.05, 4.69) is 31.4 Å². The highest BCUT2D eigenvalue weighted by Gasteiger charge is 2.30. The monoisotopic (exact) mass is 461 g/mol. The number of hydrogen-bond donors (Lipinski definition) is 2. The maximum absolute atomic E-state index is 12.5. The van der Waals surface area contributed by atoms with Gasteiger partial charge in [0.25, 0.3) is 0 Å². The van der Waals surface area contributed by atoms with Crippen molar-refractivity contribution in [3.63, 3.8) is 0 Å². The molecular weight excluding hydrogens is 447 g/mol. The molecule has 0 unspecified atom stereocenters. The lowest BCUT2D eigenvalue weighted by Crippen LogP contribution is -2.10. The van der Waals surface area contributed by atoms with E-state index in [1.54, 1.807) is 13.0 Å². The summed E-state index contributed by atoms with van der Waals surface area (Å²) in [5.41, 5.74) is 2.23. The zero-order chi connectivity index (χ0) is 20.7. The minimum absolute atomic E-state index is 0.131. The number of nitrogens with one attached hydrogen (secondary N) is 1. The summed E-state index contributed by atoms with van der Waals surface area (Å²) in [6.07, 6.45) is -2.36. The molecule has 0 atom stereocenters. The van der Waals surface area contributed by atoms with Crippen molar-refractivity contribution < 1.29 is 32.5 Å². The van der Waals surface area contributed by atoms with E-state index in [9.17, 15) is 18.0 Å². The van der Waals surface area contributed by atoms with Gasteiger partial charge in [-0.05, 0) is 47.1 Å². The van der Waals surface area contributed by atoms with Crippen molar-refractivity contribution in [2.24, 2.45) is 5.10 Å². The van der Waals surface area contributed by atoms with Crippen molar-refractivity contribution in [3.8, 4) is 11.5 Å². The zero-order valence-electron chi connectivity index (χ0n) is 14.5. The topological polar surface area (TPSA) is 93.0 Å². The van der Waals surface area contributed by atoms with E-state index >= 15 is 0 Å². The average Bonchev–Trinajstić information content (AvgIpc) is 2.62. The SMILES string of the molecule is CCOc1cc(/C=N\Nc2ccc(C(F)(F)F)cn2)c(Br)cc1OCC(=O)O. The number of nitrogens with zero attached hydrogens (tertiary/aromatic N) is 2. The van der Waals surface area contributed by atoms with Crippen LogP contribution in [-0.2, 0) is 11.0 Å². The maximum atomic E-state index is 12.5. The van der Waals surface area contributed by atoms with Gasteiger partial charge >= 0.3 is 12.1 Å². The number of rotatable bonds is 8. The lowest BCUT2D eigenvalue weighted by atomic mass is 10.2. The van der Waals surface area contributed by atoms with E-state index in [4.69, 9.17) is 14.6 Å². The van der Waals surface area contributed by atoms with Crippen molar-refractivity contribution in [3.05, 3.63) is 46.1 Å². The Kier molecular flexibility index (Phi) is 7.21. The summed E-state index contributed by atoms with van der Waals surface area (Å²) in [5, 5.41) is 12.7. The molecule has 0 amide bonds. The van der Waals surface area contributed by atoms with E-state index in [1.165, 1.54) is 12.3 Å². The van der Waals surface area contributed by atoms with E-state index in [0.29, 0.717) is 28.6 Å². The molecule has 150 valence electrons. The first kappa shape index (κ1) is 21.5. The van der Waals surface area contributed by atoms with Gasteiger partial charge in [0.15, 0.2) is 18.1 Å². The van der Waals surface area contributed by atoms with Gasteiger partial charge in [-0.3, -0.25) is 5.43 Å². The van der Waals surface area contributed by atoms with E-state index in [0.717, 1.165) is 12.1 Å². The molecule has 1 heterocycles. The number of carboxylic acids is 1. The van der Waals surface area contributed by atoms with Crippen LogP contribution in [0.15, 0.2) is 40.0 Å². The molecular formula is C17H15BrF3N3O4.